The van der Waals surface area contributed by atoms with Crippen molar-refractivity contribution in [3.63, 3.8) is 0 Å². The molecular formula is C13H16ClN3O. The van der Waals surface area contributed by atoms with Gasteiger partial charge in [0.25, 0.3) is 0 Å². The predicted molar refractivity (Wildman–Crippen MR) is 72.6 cm³/mol. The van der Waals surface area contributed by atoms with Gasteiger partial charge in [-0.1, -0.05) is 23.7 Å². The number of nitrogens with zero attached hydrogens (tertiary/aromatic N) is 1. The number of benzene rings is 1. The van der Waals surface area contributed by atoms with Crippen LogP contribution in [0.1, 0.15) is 5.69 Å². The summed E-state index contributed by atoms with van der Waals surface area (Å²) in [6, 6.07) is 7.63. The summed E-state index contributed by atoms with van der Waals surface area (Å²) in [6.07, 6.45) is 1.83. The first-order valence-corrected chi connectivity index (χ1v) is 6.17. The number of H-pyrrole nitrogens is 1. The van der Waals surface area contributed by atoms with Crippen molar-refractivity contribution in [2.24, 2.45) is 0 Å². The number of rotatable bonds is 6. The van der Waals surface area contributed by atoms with Gasteiger partial charge >= 0.3 is 0 Å². The molecule has 1 aromatic carbocycles. The van der Waals surface area contributed by atoms with E-state index in [1.165, 1.54) is 0 Å². The average Bonchev–Trinajstić information content (AvgIpc) is 2.83. The fourth-order valence-electron chi connectivity index (χ4n) is 1.63. The summed E-state index contributed by atoms with van der Waals surface area (Å²) in [5.41, 5.74) is 2.03. The monoisotopic (exact) mass is 265 g/mol. The number of nitrogens with one attached hydrogen (secondary N) is 2. The van der Waals surface area contributed by atoms with Crippen LogP contribution in [0.4, 0.5) is 0 Å². The smallest absolute Gasteiger partial charge is 0.137 e. The van der Waals surface area contributed by atoms with E-state index in [1.54, 1.807) is 7.11 Å². The van der Waals surface area contributed by atoms with E-state index in [9.17, 15) is 0 Å². The van der Waals surface area contributed by atoms with Crippen molar-refractivity contribution >= 4 is 11.6 Å². The normalized spacial score (nSPS) is 10.8. The quantitative estimate of drug-likeness (QED) is 0.789. The topological polar surface area (TPSA) is 49.9 Å². The molecule has 4 nitrogen and oxygen atoms in total. The summed E-state index contributed by atoms with van der Waals surface area (Å²) in [4.78, 5) is 7.60. The number of hydrogen-bond donors (Lipinski definition) is 2. The molecule has 0 unspecified atom stereocenters. The third-order valence-electron chi connectivity index (χ3n) is 2.52. The Morgan fingerprint density at radius 1 is 1.44 bits per heavy atom. The number of hydrogen-bond acceptors (Lipinski definition) is 3. The Labute approximate surface area is 111 Å². The van der Waals surface area contributed by atoms with Gasteiger partial charge in [0.05, 0.1) is 6.61 Å². The fourth-order valence-corrected chi connectivity index (χ4v) is 1.82. The van der Waals surface area contributed by atoms with Crippen molar-refractivity contribution in [1.29, 1.82) is 0 Å². The molecule has 1 aromatic heterocycles. The van der Waals surface area contributed by atoms with Gasteiger partial charge in [-0.05, 0) is 12.1 Å². The molecule has 0 fully saturated rings. The standard InChI is InChI=1S/C13H16ClN3O/c1-18-6-5-15-8-12-9-16-13(17-12)10-3-2-4-11(14)7-10/h2-4,7,9,15H,5-6,8H2,1H3,(H,16,17). The van der Waals surface area contributed by atoms with E-state index in [-0.39, 0.29) is 0 Å². The van der Waals surface area contributed by atoms with Gasteiger partial charge in [-0.25, -0.2) is 4.98 Å². The second-order valence-electron chi connectivity index (χ2n) is 3.94. The first-order chi connectivity index (χ1) is 8.79. The van der Waals surface area contributed by atoms with Crippen LogP contribution in [0.5, 0.6) is 0 Å². The van der Waals surface area contributed by atoms with Crippen molar-refractivity contribution in [3.05, 3.63) is 41.2 Å². The summed E-state index contributed by atoms with van der Waals surface area (Å²) in [5, 5.41) is 3.97. The van der Waals surface area contributed by atoms with E-state index in [0.29, 0.717) is 11.6 Å². The van der Waals surface area contributed by atoms with Gasteiger partial charge in [0.2, 0.25) is 0 Å². The third kappa shape index (κ3) is 3.57. The molecule has 0 aliphatic heterocycles. The summed E-state index contributed by atoms with van der Waals surface area (Å²) < 4.78 is 4.96. The summed E-state index contributed by atoms with van der Waals surface area (Å²) in [6.45, 7) is 2.27. The molecule has 5 heteroatoms. The maximum atomic E-state index is 5.95. The van der Waals surface area contributed by atoms with E-state index in [0.717, 1.165) is 30.2 Å². The lowest BCUT2D eigenvalue weighted by Crippen LogP contribution is -2.18. The molecular weight excluding hydrogens is 250 g/mol. The van der Waals surface area contributed by atoms with Gasteiger partial charge in [0, 0.05) is 42.7 Å². The number of ether oxygens (including phenoxy) is 1. The number of methoxy groups -OCH3 is 1. The second-order valence-corrected chi connectivity index (χ2v) is 4.37. The van der Waals surface area contributed by atoms with Gasteiger partial charge < -0.3 is 15.0 Å². The van der Waals surface area contributed by atoms with E-state index < -0.39 is 0 Å². The Bertz CT molecular complexity index is 498. The number of imidazole rings is 1. The highest BCUT2D eigenvalue weighted by atomic mass is 35.5. The molecule has 2 aromatic rings. The van der Waals surface area contributed by atoms with Gasteiger partial charge in [-0.2, -0.15) is 0 Å². The van der Waals surface area contributed by atoms with Crippen LogP contribution in [0, 0.1) is 0 Å². The first-order valence-electron chi connectivity index (χ1n) is 5.79. The van der Waals surface area contributed by atoms with Crippen molar-refractivity contribution in [3.8, 4) is 11.4 Å². The first kappa shape index (κ1) is 13.1. The van der Waals surface area contributed by atoms with Gasteiger partial charge in [0.15, 0.2) is 0 Å². The van der Waals surface area contributed by atoms with Crippen LogP contribution in [-0.2, 0) is 11.3 Å². The average molecular weight is 266 g/mol. The zero-order chi connectivity index (χ0) is 12.8. The highest BCUT2D eigenvalue weighted by Crippen LogP contribution is 2.19. The molecule has 0 amide bonds. The van der Waals surface area contributed by atoms with E-state index in [4.69, 9.17) is 16.3 Å². The Balaban J connectivity index is 1.97. The minimum atomic E-state index is 0.704. The second kappa shape index (κ2) is 6.54. The molecule has 1 heterocycles. The summed E-state index contributed by atoms with van der Waals surface area (Å²) >= 11 is 5.95. The molecule has 0 saturated heterocycles. The van der Waals surface area contributed by atoms with Crippen molar-refractivity contribution in [2.45, 2.75) is 6.54 Å². The third-order valence-corrected chi connectivity index (χ3v) is 2.76. The number of halogens is 1. The van der Waals surface area contributed by atoms with Crippen LogP contribution in [0.3, 0.4) is 0 Å². The van der Waals surface area contributed by atoms with Gasteiger partial charge in [-0.3, -0.25) is 0 Å². The molecule has 0 aliphatic rings. The lowest BCUT2D eigenvalue weighted by atomic mass is 10.2. The highest BCUT2D eigenvalue weighted by molar-refractivity contribution is 6.30. The van der Waals surface area contributed by atoms with Crippen LogP contribution >= 0.6 is 11.6 Å². The number of aromatic nitrogens is 2. The van der Waals surface area contributed by atoms with Gasteiger partial charge in [-0.15, -0.1) is 0 Å². The van der Waals surface area contributed by atoms with E-state index in [1.807, 2.05) is 30.5 Å². The van der Waals surface area contributed by atoms with Crippen molar-refractivity contribution in [2.75, 3.05) is 20.3 Å². The molecule has 0 atom stereocenters. The van der Waals surface area contributed by atoms with Crippen LogP contribution in [0.15, 0.2) is 30.5 Å². The molecule has 0 spiro atoms. The SMILES string of the molecule is COCCNCc1cnc(-c2cccc(Cl)c2)[nH]1. The Kier molecular flexibility index (Phi) is 4.75. The van der Waals surface area contributed by atoms with Gasteiger partial charge in [0.1, 0.15) is 5.82 Å². The summed E-state index contributed by atoms with van der Waals surface area (Å²) in [7, 11) is 1.69. The molecule has 18 heavy (non-hydrogen) atoms. The zero-order valence-corrected chi connectivity index (χ0v) is 11.0. The van der Waals surface area contributed by atoms with Crippen molar-refractivity contribution in [1.82, 2.24) is 15.3 Å². The van der Waals surface area contributed by atoms with Crippen LogP contribution in [0.25, 0.3) is 11.4 Å². The lowest BCUT2D eigenvalue weighted by molar-refractivity contribution is 0.199. The van der Waals surface area contributed by atoms with Crippen molar-refractivity contribution < 1.29 is 4.74 Å². The predicted octanol–water partition coefficient (Wildman–Crippen LogP) is 2.47. The fraction of sp³-hybridized carbons (Fsp3) is 0.308. The maximum absolute atomic E-state index is 5.95. The highest BCUT2D eigenvalue weighted by Gasteiger charge is 2.03. The minimum absolute atomic E-state index is 0.704. The van der Waals surface area contributed by atoms with Crippen LogP contribution in [-0.4, -0.2) is 30.2 Å². The van der Waals surface area contributed by atoms with Crippen LogP contribution in [0.2, 0.25) is 5.02 Å². The molecule has 0 radical (unpaired) electrons. The molecule has 2 N–H and O–H groups in total. The molecule has 2 rings (SSSR count). The largest absolute Gasteiger partial charge is 0.383 e. The molecule has 0 saturated carbocycles. The molecule has 96 valence electrons. The minimum Gasteiger partial charge on any atom is -0.383 e. The summed E-state index contributed by atoms with van der Waals surface area (Å²) in [5.74, 6) is 0.834. The Hall–Kier alpha value is -1.36. The van der Waals surface area contributed by atoms with E-state index in [2.05, 4.69) is 15.3 Å². The van der Waals surface area contributed by atoms with E-state index >= 15 is 0 Å². The molecule has 0 aliphatic carbocycles. The maximum Gasteiger partial charge on any atom is 0.137 e. The van der Waals surface area contributed by atoms with Crippen LogP contribution < -0.4 is 5.32 Å². The number of aromatic amines is 1. The Morgan fingerprint density at radius 2 is 2.33 bits per heavy atom. The Morgan fingerprint density at radius 3 is 3.11 bits per heavy atom. The zero-order valence-electron chi connectivity index (χ0n) is 10.2. The molecule has 0 bridgehead atoms. The lowest BCUT2D eigenvalue weighted by Gasteiger charge is -2.01.